The summed E-state index contributed by atoms with van der Waals surface area (Å²) in [4.78, 5) is 0.0382. The normalized spacial score (nSPS) is 12.0. The molecule has 0 aliphatic carbocycles. The van der Waals surface area contributed by atoms with E-state index < -0.39 is 10.0 Å². The summed E-state index contributed by atoms with van der Waals surface area (Å²) in [7, 11) is -2.22. The summed E-state index contributed by atoms with van der Waals surface area (Å²) in [5.41, 5.74) is 0. The molecule has 0 unspecified atom stereocenters. The van der Waals surface area contributed by atoms with Gasteiger partial charge in [0, 0.05) is 20.2 Å². The van der Waals surface area contributed by atoms with Gasteiger partial charge >= 0.3 is 0 Å². The summed E-state index contributed by atoms with van der Waals surface area (Å²) in [6.45, 7) is 0.179. The number of hydrogen-bond acceptors (Lipinski definition) is 4. The highest BCUT2D eigenvalue weighted by Gasteiger charge is 2.25. The lowest BCUT2D eigenvalue weighted by atomic mass is 10.4. The van der Waals surface area contributed by atoms with Crippen molar-refractivity contribution in [3.8, 4) is 0 Å². The highest BCUT2D eigenvalue weighted by molar-refractivity contribution is 7.89. The maximum atomic E-state index is 12.3. The molecule has 0 radical (unpaired) electrons. The summed E-state index contributed by atoms with van der Waals surface area (Å²) < 4.78 is 30.7. The van der Waals surface area contributed by atoms with Crippen molar-refractivity contribution in [1.82, 2.24) is 4.31 Å². The van der Waals surface area contributed by atoms with Gasteiger partial charge in [-0.3, -0.25) is 0 Å². The van der Waals surface area contributed by atoms with Gasteiger partial charge in [0.2, 0.25) is 10.0 Å². The topological polar surface area (TPSA) is 66.8 Å². The smallest absolute Gasteiger partial charge is 0.244 e. The van der Waals surface area contributed by atoms with E-state index in [1.807, 2.05) is 0 Å². The molecule has 1 N–H and O–H groups in total. The molecule has 0 amide bonds. The lowest BCUT2D eigenvalue weighted by molar-refractivity contribution is 0.168. The molecular formula is C11H16ClNO4S. The quantitative estimate of drug-likeness (QED) is 0.813. The lowest BCUT2D eigenvalue weighted by Crippen LogP contribution is -2.36. The predicted octanol–water partition coefficient (Wildman–Crippen LogP) is 0.969. The van der Waals surface area contributed by atoms with Gasteiger partial charge in [-0.25, -0.2) is 8.42 Å². The first kappa shape index (κ1) is 15.4. The van der Waals surface area contributed by atoms with Crippen LogP contribution >= 0.6 is 11.6 Å². The van der Waals surface area contributed by atoms with Crippen molar-refractivity contribution < 1.29 is 18.3 Å². The Morgan fingerprint density at radius 3 is 2.56 bits per heavy atom. The zero-order valence-corrected chi connectivity index (χ0v) is 11.6. The fourth-order valence-corrected chi connectivity index (χ4v) is 3.36. The third-order valence-corrected chi connectivity index (χ3v) is 4.75. The number of hydrogen-bond donors (Lipinski definition) is 1. The van der Waals surface area contributed by atoms with Crippen LogP contribution in [0.3, 0.4) is 0 Å². The number of benzene rings is 1. The first-order valence-electron chi connectivity index (χ1n) is 5.38. The first-order chi connectivity index (χ1) is 8.54. The Kier molecular flexibility index (Phi) is 6.04. The van der Waals surface area contributed by atoms with E-state index in [2.05, 4.69) is 0 Å². The van der Waals surface area contributed by atoms with Gasteiger partial charge < -0.3 is 9.84 Å². The van der Waals surface area contributed by atoms with Crippen LogP contribution in [0.1, 0.15) is 0 Å². The Bertz CT molecular complexity index is 478. The highest BCUT2D eigenvalue weighted by atomic mass is 35.5. The van der Waals surface area contributed by atoms with E-state index in [0.717, 1.165) is 4.31 Å². The Morgan fingerprint density at radius 2 is 2.00 bits per heavy atom. The number of sulfonamides is 1. The molecule has 0 saturated heterocycles. The Morgan fingerprint density at radius 1 is 1.33 bits per heavy atom. The van der Waals surface area contributed by atoms with Crippen molar-refractivity contribution in [2.45, 2.75) is 4.90 Å². The second kappa shape index (κ2) is 7.06. The molecule has 1 aromatic rings. The standard InChI is InChI=1S/C11H16ClNO4S/c1-17-9-7-13(6-8-14)18(15,16)11-5-3-2-4-10(11)12/h2-5,14H,6-9H2,1H3. The minimum absolute atomic E-state index is 0.0108. The molecule has 0 atom stereocenters. The second-order valence-corrected chi connectivity index (χ2v) is 5.86. The summed E-state index contributed by atoms with van der Waals surface area (Å²) in [5, 5.41) is 9.10. The number of nitrogens with zero attached hydrogens (tertiary/aromatic N) is 1. The molecule has 0 spiro atoms. The number of halogens is 1. The Labute approximate surface area is 112 Å². The van der Waals surface area contributed by atoms with Crippen LogP contribution in [0.25, 0.3) is 0 Å². The van der Waals surface area contributed by atoms with Crippen molar-refractivity contribution >= 4 is 21.6 Å². The van der Waals surface area contributed by atoms with E-state index in [-0.39, 0.29) is 36.2 Å². The van der Waals surface area contributed by atoms with E-state index in [1.54, 1.807) is 12.1 Å². The average molecular weight is 294 g/mol. The summed E-state index contributed by atoms with van der Waals surface area (Å²) in [6, 6.07) is 6.22. The van der Waals surface area contributed by atoms with Crippen molar-refractivity contribution in [3.63, 3.8) is 0 Å². The van der Waals surface area contributed by atoms with E-state index >= 15 is 0 Å². The van der Waals surface area contributed by atoms with Crippen LogP contribution < -0.4 is 0 Å². The Hall–Kier alpha value is -0.660. The van der Waals surface area contributed by atoms with Crippen molar-refractivity contribution in [1.29, 1.82) is 0 Å². The number of ether oxygens (including phenoxy) is 1. The minimum atomic E-state index is -3.70. The van der Waals surface area contributed by atoms with Crippen LogP contribution in [0, 0.1) is 0 Å². The van der Waals surface area contributed by atoms with Gasteiger partial charge in [-0.05, 0) is 12.1 Å². The maximum absolute atomic E-state index is 12.3. The van der Waals surface area contributed by atoms with Gasteiger partial charge in [-0.1, -0.05) is 23.7 Å². The molecule has 0 aliphatic rings. The first-order valence-corrected chi connectivity index (χ1v) is 7.20. The molecule has 0 aliphatic heterocycles. The molecule has 7 heteroatoms. The van der Waals surface area contributed by atoms with Gasteiger partial charge in [0.25, 0.3) is 0 Å². The zero-order chi connectivity index (χ0) is 13.6. The maximum Gasteiger partial charge on any atom is 0.244 e. The fourth-order valence-electron chi connectivity index (χ4n) is 1.45. The van der Waals surface area contributed by atoms with Crippen LogP contribution in [-0.4, -0.2) is 51.2 Å². The minimum Gasteiger partial charge on any atom is -0.395 e. The molecular weight excluding hydrogens is 278 g/mol. The van der Waals surface area contributed by atoms with E-state index in [0.29, 0.717) is 0 Å². The molecule has 102 valence electrons. The van der Waals surface area contributed by atoms with Crippen molar-refractivity contribution in [3.05, 3.63) is 29.3 Å². The molecule has 0 heterocycles. The van der Waals surface area contributed by atoms with Gasteiger partial charge in [0.15, 0.2) is 0 Å². The SMILES string of the molecule is COCCN(CCO)S(=O)(=O)c1ccccc1Cl. The van der Waals surface area contributed by atoms with Gasteiger partial charge in [0.05, 0.1) is 18.2 Å². The van der Waals surface area contributed by atoms with Crippen molar-refractivity contribution in [2.75, 3.05) is 33.4 Å². The summed E-state index contributed by atoms with van der Waals surface area (Å²) in [6.07, 6.45) is 0. The third-order valence-electron chi connectivity index (χ3n) is 2.35. The average Bonchev–Trinajstić information content (AvgIpc) is 2.34. The molecule has 18 heavy (non-hydrogen) atoms. The third kappa shape index (κ3) is 3.66. The predicted molar refractivity (Wildman–Crippen MR) is 69.2 cm³/mol. The number of methoxy groups -OCH3 is 1. The van der Waals surface area contributed by atoms with Crippen LogP contribution in [0.5, 0.6) is 0 Å². The van der Waals surface area contributed by atoms with Crippen LogP contribution in [-0.2, 0) is 14.8 Å². The van der Waals surface area contributed by atoms with E-state index in [4.69, 9.17) is 21.4 Å². The van der Waals surface area contributed by atoms with Crippen LogP contribution in [0.2, 0.25) is 5.02 Å². The molecule has 0 saturated carbocycles. The molecule has 0 aromatic heterocycles. The zero-order valence-electron chi connectivity index (χ0n) is 10.0. The highest BCUT2D eigenvalue weighted by Crippen LogP contribution is 2.23. The molecule has 1 rings (SSSR count). The Balaban J connectivity index is 3.05. The second-order valence-electron chi connectivity index (χ2n) is 3.55. The van der Waals surface area contributed by atoms with E-state index in [1.165, 1.54) is 19.2 Å². The van der Waals surface area contributed by atoms with Gasteiger partial charge in [0.1, 0.15) is 4.90 Å². The number of aliphatic hydroxyl groups excluding tert-OH is 1. The van der Waals surface area contributed by atoms with Crippen LogP contribution in [0.4, 0.5) is 0 Å². The van der Waals surface area contributed by atoms with E-state index in [9.17, 15) is 8.42 Å². The largest absolute Gasteiger partial charge is 0.395 e. The molecule has 5 nitrogen and oxygen atoms in total. The van der Waals surface area contributed by atoms with Crippen molar-refractivity contribution in [2.24, 2.45) is 0 Å². The molecule has 0 bridgehead atoms. The molecule has 1 aromatic carbocycles. The molecule has 0 fully saturated rings. The number of aliphatic hydroxyl groups is 1. The van der Waals surface area contributed by atoms with Crippen LogP contribution in [0.15, 0.2) is 29.2 Å². The van der Waals surface area contributed by atoms with Gasteiger partial charge in [-0.2, -0.15) is 4.31 Å². The summed E-state index contributed by atoms with van der Waals surface area (Å²) in [5.74, 6) is 0. The lowest BCUT2D eigenvalue weighted by Gasteiger charge is -2.21. The number of rotatable bonds is 7. The monoisotopic (exact) mass is 293 g/mol. The fraction of sp³-hybridized carbons (Fsp3) is 0.455. The van der Waals surface area contributed by atoms with Gasteiger partial charge in [-0.15, -0.1) is 0 Å². The summed E-state index contributed by atoms with van der Waals surface area (Å²) >= 11 is 5.89.